The molecule has 2 aromatic rings. The van der Waals surface area contributed by atoms with Gasteiger partial charge in [-0.3, -0.25) is 19.3 Å². The molecule has 8 nitrogen and oxygen atoms in total. The first-order valence-electron chi connectivity index (χ1n) is 9.01. The van der Waals surface area contributed by atoms with Crippen LogP contribution in [0.4, 0.5) is 11.4 Å². The lowest BCUT2D eigenvalue weighted by Gasteiger charge is -2.17. The van der Waals surface area contributed by atoms with E-state index in [-0.39, 0.29) is 30.2 Å². The van der Waals surface area contributed by atoms with E-state index < -0.39 is 18.0 Å². The van der Waals surface area contributed by atoms with Gasteiger partial charge in [0.25, 0.3) is 5.91 Å². The van der Waals surface area contributed by atoms with Crippen LogP contribution in [0.25, 0.3) is 0 Å². The molecule has 8 heteroatoms. The van der Waals surface area contributed by atoms with Crippen LogP contribution in [-0.4, -0.2) is 36.9 Å². The number of nitrogens with one attached hydrogen (secondary N) is 1. The molecule has 2 aromatic carbocycles. The second-order valence-electron chi connectivity index (χ2n) is 6.41. The van der Waals surface area contributed by atoms with Crippen LogP contribution in [0.15, 0.2) is 48.5 Å². The summed E-state index contributed by atoms with van der Waals surface area (Å²) in [6, 6.07) is 12.9. The minimum Gasteiger partial charge on any atom is -0.495 e. The number of hydrogen-bond donors (Lipinski definition) is 1. The maximum absolute atomic E-state index is 12.4. The first kappa shape index (κ1) is 20.1. The van der Waals surface area contributed by atoms with Crippen molar-refractivity contribution in [2.75, 3.05) is 17.3 Å². The van der Waals surface area contributed by atoms with E-state index in [0.717, 1.165) is 4.90 Å². The Bertz CT molecular complexity index is 955. The molecule has 0 saturated carbocycles. The zero-order valence-corrected chi connectivity index (χ0v) is 16.0. The van der Waals surface area contributed by atoms with Crippen LogP contribution < -0.4 is 15.0 Å². The third-order valence-electron chi connectivity index (χ3n) is 4.41. The van der Waals surface area contributed by atoms with Crippen molar-refractivity contribution in [2.24, 2.45) is 0 Å². The van der Waals surface area contributed by atoms with Crippen LogP contribution in [0.1, 0.15) is 30.1 Å². The quantitative estimate of drug-likeness (QED) is 0.595. The molecule has 1 atom stereocenters. The SMILES string of the molecule is COc1ccccc1NC(=O)[C@@H](C)OC(=O)c1cccc(N2C(=O)CCC2=O)c1. The van der Waals surface area contributed by atoms with Crippen LogP contribution in [0, 0.1) is 0 Å². The molecule has 0 radical (unpaired) electrons. The van der Waals surface area contributed by atoms with Crippen LogP contribution in [0.2, 0.25) is 0 Å². The molecule has 1 heterocycles. The molecule has 150 valence electrons. The van der Waals surface area contributed by atoms with Crippen molar-refractivity contribution in [1.82, 2.24) is 0 Å². The number of benzene rings is 2. The van der Waals surface area contributed by atoms with Gasteiger partial charge in [-0.25, -0.2) is 4.79 Å². The van der Waals surface area contributed by atoms with E-state index in [9.17, 15) is 19.2 Å². The molecule has 1 saturated heterocycles. The van der Waals surface area contributed by atoms with Gasteiger partial charge in [0.15, 0.2) is 6.10 Å². The Kier molecular flexibility index (Phi) is 5.92. The number of rotatable bonds is 6. The standard InChI is InChI=1S/C21H20N2O6/c1-13(20(26)22-16-8-3-4-9-17(16)28-2)29-21(27)14-6-5-7-15(12-14)23-18(24)10-11-19(23)25/h3-9,12-13H,10-11H2,1-2H3,(H,22,26)/t13-/m1/s1. The Balaban J connectivity index is 1.68. The third kappa shape index (κ3) is 4.43. The molecular weight excluding hydrogens is 376 g/mol. The average molecular weight is 396 g/mol. The highest BCUT2D eigenvalue weighted by Gasteiger charge is 2.30. The van der Waals surface area contributed by atoms with Gasteiger partial charge in [0, 0.05) is 12.8 Å². The molecule has 0 spiro atoms. The number of methoxy groups -OCH3 is 1. The summed E-state index contributed by atoms with van der Waals surface area (Å²) in [5.74, 6) is -1.42. The Morgan fingerprint density at radius 1 is 1.03 bits per heavy atom. The van der Waals surface area contributed by atoms with Gasteiger partial charge in [-0.2, -0.15) is 0 Å². The van der Waals surface area contributed by atoms with E-state index in [1.807, 2.05) is 0 Å². The summed E-state index contributed by atoms with van der Waals surface area (Å²) in [5, 5.41) is 2.65. The second kappa shape index (κ2) is 8.55. The Labute approximate surface area is 167 Å². The topological polar surface area (TPSA) is 102 Å². The number of para-hydroxylation sites is 2. The van der Waals surface area contributed by atoms with Gasteiger partial charge in [-0.05, 0) is 37.3 Å². The summed E-state index contributed by atoms with van der Waals surface area (Å²) in [4.78, 5) is 49.6. The highest BCUT2D eigenvalue weighted by atomic mass is 16.5. The van der Waals surface area contributed by atoms with Crippen LogP contribution in [0.3, 0.4) is 0 Å². The van der Waals surface area contributed by atoms with Crippen LogP contribution in [0.5, 0.6) is 5.75 Å². The number of hydrogen-bond acceptors (Lipinski definition) is 6. The summed E-state index contributed by atoms with van der Waals surface area (Å²) >= 11 is 0. The maximum atomic E-state index is 12.4. The molecule has 1 aliphatic heterocycles. The summed E-state index contributed by atoms with van der Waals surface area (Å²) in [6.07, 6.45) is -0.785. The van der Waals surface area contributed by atoms with Crippen LogP contribution >= 0.6 is 0 Å². The molecular formula is C21H20N2O6. The van der Waals surface area contributed by atoms with Gasteiger partial charge in [-0.15, -0.1) is 0 Å². The first-order valence-corrected chi connectivity index (χ1v) is 9.01. The minimum absolute atomic E-state index is 0.131. The Morgan fingerprint density at radius 2 is 1.72 bits per heavy atom. The normalized spacial score (nSPS) is 14.5. The number of ether oxygens (including phenoxy) is 2. The lowest BCUT2D eigenvalue weighted by atomic mass is 10.2. The number of carbonyl (C=O) groups is 4. The maximum Gasteiger partial charge on any atom is 0.338 e. The summed E-state index contributed by atoms with van der Waals surface area (Å²) in [5.41, 5.74) is 0.890. The summed E-state index contributed by atoms with van der Waals surface area (Å²) < 4.78 is 10.4. The number of carbonyl (C=O) groups excluding carboxylic acids is 4. The molecule has 29 heavy (non-hydrogen) atoms. The molecule has 0 bridgehead atoms. The predicted octanol–water partition coefficient (Wildman–Crippen LogP) is 2.53. The lowest BCUT2D eigenvalue weighted by molar-refractivity contribution is -0.124. The van der Waals surface area contributed by atoms with Crippen molar-refractivity contribution >= 4 is 35.1 Å². The van der Waals surface area contributed by atoms with Crippen molar-refractivity contribution < 1.29 is 28.7 Å². The predicted molar refractivity (Wildman–Crippen MR) is 105 cm³/mol. The highest BCUT2D eigenvalue weighted by molar-refractivity contribution is 6.20. The number of amides is 3. The minimum atomic E-state index is -1.08. The monoisotopic (exact) mass is 396 g/mol. The molecule has 0 unspecified atom stereocenters. The fourth-order valence-corrected chi connectivity index (χ4v) is 2.90. The smallest absolute Gasteiger partial charge is 0.338 e. The zero-order valence-electron chi connectivity index (χ0n) is 16.0. The number of imide groups is 1. The summed E-state index contributed by atoms with van der Waals surface area (Å²) in [6.45, 7) is 1.44. The number of nitrogens with zero attached hydrogens (tertiary/aromatic N) is 1. The summed E-state index contributed by atoms with van der Waals surface area (Å²) in [7, 11) is 1.48. The van der Waals surface area contributed by atoms with Crippen molar-refractivity contribution in [3.63, 3.8) is 0 Å². The lowest BCUT2D eigenvalue weighted by Crippen LogP contribution is -2.30. The van der Waals surface area contributed by atoms with Crippen molar-refractivity contribution in [2.45, 2.75) is 25.9 Å². The third-order valence-corrected chi connectivity index (χ3v) is 4.41. The van der Waals surface area contributed by atoms with E-state index >= 15 is 0 Å². The van der Waals surface area contributed by atoms with Gasteiger partial charge in [-0.1, -0.05) is 18.2 Å². The van der Waals surface area contributed by atoms with Gasteiger partial charge >= 0.3 is 5.97 Å². The fraction of sp³-hybridized carbons (Fsp3) is 0.238. The number of anilines is 2. The average Bonchev–Trinajstić information content (AvgIpc) is 3.06. The van der Waals surface area contributed by atoms with E-state index in [0.29, 0.717) is 17.1 Å². The van der Waals surface area contributed by atoms with Gasteiger partial charge in [0.1, 0.15) is 5.75 Å². The zero-order chi connectivity index (χ0) is 21.0. The van der Waals surface area contributed by atoms with Crippen molar-refractivity contribution in [3.05, 3.63) is 54.1 Å². The Hall–Kier alpha value is -3.68. The Morgan fingerprint density at radius 3 is 2.41 bits per heavy atom. The van der Waals surface area contributed by atoms with Crippen LogP contribution in [-0.2, 0) is 19.1 Å². The molecule has 3 amide bonds. The van der Waals surface area contributed by atoms with E-state index in [4.69, 9.17) is 9.47 Å². The van der Waals surface area contributed by atoms with E-state index in [1.54, 1.807) is 36.4 Å². The van der Waals surface area contributed by atoms with Gasteiger partial charge in [0.05, 0.1) is 24.0 Å². The molecule has 0 aromatic heterocycles. The second-order valence-corrected chi connectivity index (χ2v) is 6.41. The fourth-order valence-electron chi connectivity index (χ4n) is 2.90. The van der Waals surface area contributed by atoms with Gasteiger partial charge in [0.2, 0.25) is 11.8 Å². The molecule has 0 aliphatic carbocycles. The van der Waals surface area contributed by atoms with E-state index in [1.165, 1.54) is 26.2 Å². The number of esters is 1. The molecule has 1 fully saturated rings. The largest absolute Gasteiger partial charge is 0.495 e. The molecule has 3 rings (SSSR count). The highest BCUT2D eigenvalue weighted by Crippen LogP contribution is 2.25. The van der Waals surface area contributed by atoms with Gasteiger partial charge < -0.3 is 14.8 Å². The molecule has 1 aliphatic rings. The first-order chi connectivity index (χ1) is 13.9. The van der Waals surface area contributed by atoms with Crippen molar-refractivity contribution in [1.29, 1.82) is 0 Å². The van der Waals surface area contributed by atoms with E-state index in [2.05, 4.69) is 5.32 Å². The van der Waals surface area contributed by atoms with Crippen molar-refractivity contribution in [3.8, 4) is 5.75 Å². The molecule has 1 N–H and O–H groups in total.